The van der Waals surface area contributed by atoms with Gasteiger partial charge in [0.2, 0.25) is 5.91 Å². The fourth-order valence-electron chi connectivity index (χ4n) is 1.96. The zero-order valence-electron chi connectivity index (χ0n) is 9.87. The van der Waals surface area contributed by atoms with Gasteiger partial charge in [-0.3, -0.25) is 4.79 Å². The Morgan fingerprint density at radius 2 is 1.93 bits per heavy atom. The number of carbonyl (C=O) groups excluding carboxylic acids is 1. The minimum Gasteiger partial charge on any atom is -0.342 e. The van der Waals surface area contributed by atoms with Crippen LogP contribution in [0.3, 0.4) is 0 Å². The molecule has 0 atom stereocenters. The molecular weight excluding hydrogens is 188 g/mol. The molecule has 0 aromatic heterocycles. The van der Waals surface area contributed by atoms with E-state index in [1.54, 1.807) is 0 Å². The fraction of sp³-hybridized carbons (Fsp3) is 0.917. The number of carbonyl (C=O) groups is 1. The Hall–Kier alpha value is -0.570. The molecule has 1 heterocycles. The van der Waals surface area contributed by atoms with Crippen molar-refractivity contribution in [3.63, 3.8) is 0 Å². The molecule has 1 amide bonds. The van der Waals surface area contributed by atoms with Gasteiger partial charge in [0, 0.05) is 25.4 Å². The van der Waals surface area contributed by atoms with Crippen LogP contribution >= 0.6 is 0 Å². The summed E-state index contributed by atoms with van der Waals surface area (Å²) >= 11 is 0. The molecule has 88 valence electrons. The molecule has 0 unspecified atom stereocenters. The standard InChI is InChI=1S/C12H24N2O/c1-2-3-4-5-6-7-12(15)14-9-11(8-13)10-14/h11H,2-10,13H2,1H3. The lowest BCUT2D eigenvalue weighted by Crippen LogP contribution is -2.52. The summed E-state index contributed by atoms with van der Waals surface area (Å²) < 4.78 is 0. The van der Waals surface area contributed by atoms with Gasteiger partial charge in [-0.15, -0.1) is 0 Å². The highest BCUT2D eigenvalue weighted by Gasteiger charge is 2.28. The lowest BCUT2D eigenvalue weighted by molar-refractivity contribution is -0.137. The summed E-state index contributed by atoms with van der Waals surface area (Å²) in [4.78, 5) is 13.5. The zero-order valence-corrected chi connectivity index (χ0v) is 9.87. The van der Waals surface area contributed by atoms with Crippen LogP contribution in [0.1, 0.15) is 45.4 Å². The second-order valence-electron chi connectivity index (χ2n) is 4.56. The molecule has 0 radical (unpaired) electrons. The third kappa shape index (κ3) is 4.20. The molecule has 3 heteroatoms. The van der Waals surface area contributed by atoms with Crippen LogP contribution < -0.4 is 5.73 Å². The first-order chi connectivity index (χ1) is 7.27. The molecule has 0 aromatic carbocycles. The first kappa shape index (κ1) is 12.5. The van der Waals surface area contributed by atoms with Gasteiger partial charge in [0.1, 0.15) is 0 Å². The smallest absolute Gasteiger partial charge is 0.222 e. The van der Waals surface area contributed by atoms with E-state index in [0.29, 0.717) is 11.8 Å². The molecular formula is C12H24N2O. The molecule has 3 nitrogen and oxygen atoms in total. The third-order valence-corrected chi connectivity index (χ3v) is 3.14. The summed E-state index contributed by atoms with van der Waals surface area (Å²) in [5, 5.41) is 0. The summed E-state index contributed by atoms with van der Waals surface area (Å²) in [5.41, 5.74) is 5.51. The van der Waals surface area contributed by atoms with Gasteiger partial charge >= 0.3 is 0 Å². The Morgan fingerprint density at radius 1 is 1.27 bits per heavy atom. The Kier molecular flexibility index (Phi) is 5.69. The Bertz CT molecular complexity index is 188. The third-order valence-electron chi connectivity index (χ3n) is 3.14. The predicted octanol–water partition coefficient (Wildman–Crippen LogP) is 1.76. The summed E-state index contributed by atoms with van der Waals surface area (Å²) in [6.07, 6.45) is 6.83. The normalized spacial score (nSPS) is 16.5. The van der Waals surface area contributed by atoms with Crippen LogP contribution in [-0.4, -0.2) is 30.4 Å². The number of amides is 1. The van der Waals surface area contributed by atoms with Crippen LogP contribution in [0.2, 0.25) is 0 Å². The molecule has 2 N–H and O–H groups in total. The molecule has 0 aromatic rings. The molecule has 1 aliphatic rings. The van der Waals surface area contributed by atoms with Crippen molar-refractivity contribution < 1.29 is 4.79 Å². The SMILES string of the molecule is CCCCCCCC(=O)N1CC(CN)C1. The highest BCUT2D eigenvalue weighted by Crippen LogP contribution is 2.16. The number of rotatable bonds is 7. The van der Waals surface area contributed by atoms with Crippen LogP contribution in [0, 0.1) is 5.92 Å². The Labute approximate surface area is 93.0 Å². The lowest BCUT2D eigenvalue weighted by Gasteiger charge is -2.38. The zero-order chi connectivity index (χ0) is 11.1. The molecule has 15 heavy (non-hydrogen) atoms. The van der Waals surface area contributed by atoms with E-state index >= 15 is 0 Å². The second-order valence-corrected chi connectivity index (χ2v) is 4.56. The van der Waals surface area contributed by atoms with Crippen molar-refractivity contribution in [3.8, 4) is 0 Å². The van der Waals surface area contributed by atoms with E-state index in [9.17, 15) is 4.79 Å². The topological polar surface area (TPSA) is 46.3 Å². The minimum absolute atomic E-state index is 0.330. The van der Waals surface area contributed by atoms with Crippen molar-refractivity contribution in [2.75, 3.05) is 19.6 Å². The second kappa shape index (κ2) is 6.83. The van der Waals surface area contributed by atoms with Gasteiger partial charge in [-0.1, -0.05) is 32.6 Å². The maximum Gasteiger partial charge on any atom is 0.222 e. The van der Waals surface area contributed by atoms with Gasteiger partial charge in [0.05, 0.1) is 0 Å². The van der Waals surface area contributed by atoms with Crippen LogP contribution in [0.5, 0.6) is 0 Å². The maximum atomic E-state index is 11.6. The van der Waals surface area contributed by atoms with Crippen molar-refractivity contribution in [1.82, 2.24) is 4.90 Å². The Morgan fingerprint density at radius 3 is 2.53 bits per heavy atom. The molecule has 1 rings (SSSR count). The summed E-state index contributed by atoms with van der Waals surface area (Å²) in [6, 6.07) is 0. The first-order valence-electron chi connectivity index (χ1n) is 6.25. The lowest BCUT2D eigenvalue weighted by atomic mass is 9.99. The molecule has 0 spiro atoms. The van der Waals surface area contributed by atoms with Crippen molar-refractivity contribution in [2.24, 2.45) is 11.7 Å². The van der Waals surface area contributed by atoms with Crippen molar-refractivity contribution in [3.05, 3.63) is 0 Å². The number of hydrogen-bond acceptors (Lipinski definition) is 2. The van der Waals surface area contributed by atoms with E-state index in [4.69, 9.17) is 5.73 Å². The molecule has 1 fully saturated rings. The van der Waals surface area contributed by atoms with E-state index in [1.165, 1.54) is 25.7 Å². The monoisotopic (exact) mass is 212 g/mol. The highest BCUT2D eigenvalue weighted by atomic mass is 16.2. The number of nitrogens with zero attached hydrogens (tertiary/aromatic N) is 1. The van der Waals surface area contributed by atoms with E-state index in [0.717, 1.165) is 32.5 Å². The van der Waals surface area contributed by atoms with Gasteiger partial charge in [0.25, 0.3) is 0 Å². The van der Waals surface area contributed by atoms with Crippen LogP contribution in [0.4, 0.5) is 0 Å². The summed E-state index contributed by atoms with van der Waals surface area (Å²) in [6.45, 7) is 4.72. The molecule has 0 saturated carbocycles. The van der Waals surface area contributed by atoms with Crippen LogP contribution in [-0.2, 0) is 4.79 Å². The van der Waals surface area contributed by atoms with Crippen molar-refractivity contribution in [1.29, 1.82) is 0 Å². The highest BCUT2D eigenvalue weighted by molar-refractivity contribution is 5.76. The summed E-state index contributed by atoms with van der Waals surface area (Å²) in [5.74, 6) is 0.894. The average Bonchev–Trinajstić information content (AvgIpc) is 2.16. The van der Waals surface area contributed by atoms with E-state index < -0.39 is 0 Å². The van der Waals surface area contributed by atoms with Gasteiger partial charge < -0.3 is 10.6 Å². The molecule has 1 aliphatic heterocycles. The average molecular weight is 212 g/mol. The number of unbranched alkanes of at least 4 members (excludes halogenated alkanes) is 4. The summed E-state index contributed by atoms with van der Waals surface area (Å²) in [7, 11) is 0. The van der Waals surface area contributed by atoms with Gasteiger partial charge in [-0.25, -0.2) is 0 Å². The largest absolute Gasteiger partial charge is 0.342 e. The minimum atomic E-state index is 0.330. The molecule has 0 bridgehead atoms. The molecule has 1 saturated heterocycles. The predicted molar refractivity (Wildman–Crippen MR) is 62.5 cm³/mol. The fourth-order valence-corrected chi connectivity index (χ4v) is 1.96. The van der Waals surface area contributed by atoms with Gasteiger partial charge in [-0.05, 0) is 13.0 Å². The van der Waals surface area contributed by atoms with Crippen LogP contribution in [0.25, 0.3) is 0 Å². The van der Waals surface area contributed by atoms with Crippen LogP contribution in [0.15, 0.2) is 0 Å². The number of nitrogens with two attached hydrogens (primary N) is 1. The van der Waals surface area contributed by atoms with Crippen molar-refractivity contribution in [2.45, 2.75) is 45.4 Å². The number of likely N-dealkylation sites (tertiary alicyclic amines) is 1. The maximum absolute atomic E-state index is 11.6. The van der Waals surface area contributed by atoms with Crippen molar-refractivity contribution >= 4 is 5.91 Å². The van der Waals surface area contributed by atoms with E-state index in [-0.39, 0.29) is 0 Å². The van der Waals surface area contributed by atoms with Gasteiger partial charge in [0.15, 0.2) is 0 Å². The number of hydrogen-bond donors (Lipinski definition) is 1. The molecule has 0 aliphatic carbocycles. The van der Waals surface area contributed by atoms with E-state index in [2.05, 4.69) is 6.92 Å². The first-order valence-corrected chi connectivity index (χ1v) is 6.25. The Balaban J connectivity index is 1.95. The van der Waals surface area contributed by atoms with E-state index in [1.807, 2.05) is 4.90 Å². The quantitative estimate of drug-likeness (QED) is 0.654. The van der Waals surface area contributed by atoms with Gasteiger partial charge in [-0.2, -0.15) is 0 Å².